The number of carbonyl (C=O) groups is 1. The highest BCUT2D eigenvalue weighted by Crippen LogP contribution is 2.14. The lowest BCUT2D eigenvalue weighted by Gasteiger charge is -2.27. The van der Waals surface area contributed by atoms with Crippen molar-refractivity contribution in [3.8, 4) is 0 Å². The predicted molar refractivity (Wildman–Crippen MR) is 62.6 cm³/mol. The fraction of sp³-hybridized carbons (Fsp3) is 0.800. The third-order valence-corrected chi connectivity index (χ3v) is 2.68. The highest BCUT2D eigenvalue weighted by Gasteiger charge is 2.18. The Kier molecular flexibility index (Phi) is 4.98. The first kappa shape index (κ1) is 12.4. The highest BCUT2D eigenvalue weighted by molar-refractivity contribution is 7.80. The van der Waals surface area contributed by atoms with Crippen LogP contribution in [0.2, 0.25) is 0 Å². The second-order valence-corrected chi connectivity index (χ2v) is 4.52. The molecule has 0 aromatic rings. The van der Waals surface area contributed by atoms with Crippen LogP contribution in [0.4, 0.5) is 0 Å². The fourth-order valence-corrected chi connectivity index (χ4v) is 1.85. The molecule has 1 fully saturated rings. The first-order chi connectivity index (χ1) is 7.09. The zero-order valence-corrected chi connectivity index (χ0v) is 9.89. The van der Waals surface area contributed by atoms with E-state index in [-0.39, 0.29) is 17.3 Å². The van der Waals surface area contributed by atoms with Gasteiger partial charge < -0.3 is 15.4 Å². The lowest BCUT2D eigenvalue weighted by molar-refractivity contribution is -0.129. The molecule has 1 unspecified atom stereocenters. The summed E-state index contributed by atoms with van der Waals surface area (Å²) in [5.41, 5.74) is 5.32. The monoisotopic (exact) mass is 230 g/mol. The van der Waals surface area contributed by atoms with E-state index in [9.17, 15) is 4.79 Å². The van der Waals surface area contributed by atoms with Crippen molar-refractivity contribution in [3.63, 3.8) is 0 Å². The van der Waals surface area contributed by atoms with E-state index in [2.05, 4.69) is 0 Å². The van der Waals surface area contributed by atoms with E-state index < -0.39 is 0 Å². The van der Waals surface area contributed by atoms with Gasteiger partial charge in [0.1, 0.15) is 0 Å². The van der Waals surface area contributed by atoms with Crippen molar-refractivity contribution in [2.75, 3.05) is 26.8 Å². The SMILES string of the molecule is CN(CC1CCCOC1)C(=O)CC(N)=S. The predicted octanol–water partition coefficient (Wildman–Crippen LogP) is 0.548. The number of nitrogens with two attached hydrogens (primary N) is 1. The molecule has 86 valence electrons. The molecule has 1 aliphatic heterocycles. The Hall–Kier alpha value is -0.680. The summed E-state index contributed by atoms with van der Waals surface area (Å²) >= 11 is 4.70. The molecule has 2 N–H and O–H groups in total. The van der Waals surface area contributed by atoms with Gasteiger partial charge in [-0.2, -0.15) is 0 Å². The number of nitrogens with zero attached hydrogens (tertiary/aromatic N) is 1. The van der Waals surface area contributed by atoms with E-state index in [1.54, 1.807) is 11.9 Å². The van der Waals surface area contributed by atoms with E-state index in [0.29, 0.717) is 5.92 Å². The van der Waals surface area contributed by atoms with Crippen LogP contribution >= 0.6 is 12.2 Å². The average Bonchev–Trinajstić information content (AvgIpc) is 2.18. The summed E-state index contributed by atoms with van der Waals surface area (Å²) in [5.74, 6) is 0.451. The van der Waals surface area contributed by atoms with Gasteiger partial charge in [0.05, 0.1) is 18.0 Å². The van der Waals surface area contributed by atoms with Gasteiger partial charge in [-0.3, -0.25) is 4.79 Å². The Balaban J connectivity index is 2.29. The molecule has 0 bridgehead atoms. The standard InChI is InChI=1S/C10H18N2O2S/c1-12(10(13)5-9(11)15)6-8-3-2-4-14-7-8/h8H,2-7H2,1H3,(H2,11,15). The van der Waals surface area contributed by atoms with Crippen molar-refractivity contribution in [3.05, 3.63) is 0 Å². The van der Waals surface area contributed by atoms with Crippen molar-refractivity contribution >= 4 is 23.1 Å². The Morgan fingerprint density at radius 1 is 1.67 bits per heavy atom. The molecule has 5 heteroatoms. The number of rotatable bonds is 4. The summed E-state index contributed by atoms with van der Waals surface area (Å²) < 4.78 is 5.36. The van der Waals surface area contributed by atoms with Crippen LogP contribution < -0.4 is 5.73 Å². The molecule has 1 atom stereocenters. The van der Waals surface area contributed by atoms with Gasteiger partial charge in [-0.15, -0.1) is 0 Å². The van der Waals surface area contributed by atoms with Gasteiger partial charge >= 0.3 is 0 Å². The molecule has 0 saturated carbocycles. The van der Waals surface area contributed by atoms with Gasteiger partial charge in [-0.1, -0.05) is 12.2 Å². The zero-order valence-electron chi connectivity index (χ0n) is 9.07. The van der Waals surface area contributed by atoms with E-state index in [1.165, 1.54) is 0 Å². The average molecular weight is 230 g/mol. The maximum atomic E-state index is 11.5. The van der Waals surface area contributed by atoms with Crippen LogP contribution in [-0.4, -0.2) is 42.6 Å². The highest BCUT2D eigenvalue weighted by atomic mass is 32.1. The third kappa shape index (κ3) is 4.57. The molecule has 0 spiro atoms. The quantitative estimate of drug-likeness (QED) is 0.717. The van der Waals surface area contributed by atoms with Crippen molar-refractivity contribution in [1.82, 2.24) is 4.90 Å². The smallest absolute Gasteiger partial charge is 0.229 e. The van der Waals surface area contributed by atoms with Crippen molar-refractivity contribution in [2.45, 2.75) is 19.3 Å². The minimum atomic E-state index is -0.00641. The van der Waals surface area contributed by atoms with Crippen LogP contribution in [0, 0.1) is 5.92 Å². The topological polar surface area (TPSA) is 55.6 Å². The molecule has 1 heterocycles. The first-order valence-electron chi connectivity index (χ1n) is 5.19. The maximum Gasteiger partial charge on any atom is 0.229 e. The molecule has 1 amide bonds. The molecular formula is C10H18N2O2S. The Labute approximate surface area is 95.8 Å². The summed E-state index contributed by atoms with van der Waals surface area (Å²) in [7, 11) is 1.79. The molecule has 0 aromatic carbocycles. The van der Waals surface area contributed by atoms with Gasteiger partial charge in [0, 0.05) is 20.2 Å². The first-order valence-corrected chi connectivity index (χ1v) is 5.60. The largest absolute Gasteiger partial charge is 0.393 e. The molecule has 15 heavy (non-hydrogen) atoms. The lowest BCUT2D eigenvalue weighted by atomic mass is 10.0. The Morgan fingerprint density at radius 2 is 2.40 bits per heavy atom. The summed E-state index contributed by atoms with van der Waals surface area (Å²) in [6.07, 6.45) is 2.38. The van der Waals surface area contributed by atoms with E-state index in [0.717, 1.165) is 32.6 Å². The van der Waals surface area contributed by atoms with Gasteiger partial charge in [-0.25, -0.2) is 0 Å². The maximum absolute atomic E-state index is 11.5. The van der Waals surface area contributed by atoms with E-state index >= 15 is 0 Å². The number of carbonyl (C=O) groups excluding carboxylic acids is 1. The number of ether oxygens (including phenoxy) is 1. The molecule has 0 aromatic heterocycles. The minimum absolute atomic E-state index is 0.00641. The Bertz CT molecular complexity index is 240. The normalized spacial score (nSPS) is 21.0. The second-order valence-electron chi connectivity index (χ2n) is 4.00. The second kappa shape index (κ2) is 6.02. The Morgan fingerprint density at radius 3 is 2.93 bits per heavy atom. The van der Waals surface area contributed by atoms with Gasteiger partial charge in [-0.05, 0) is 18.8 Å². The zero-order chi connectivity index (χ0) is 11.3. The summed E-state index contributed by atoms with van der Waals surface area (Å²) in [4.78, 5) is 13.5. The molecule has 1 rings (SSSR count). The number of thiocarbonyl (C=S) groups is 1. The molecule has 1 saturated heterocycles. The lowest BCUT2D eigenvalue weighted by Crippen LogP contribution is -2.36. The van der Waals surface area contributed by atoms with Crippen LogP contribution in [-0.2, 0) is 9.53 Å². The van der Waals surface area contributed by atoms with Crippen molar-refractivity contribution in [2.24, 2.45) is 11.7 Å². The van der Waals surface area contributed by atoms with Crippen molar-refractivity contribution < 1.29 is 9.53 Å². The molecule has 4 nitrogen and oxygen atoms in total. The van der Waals surface area contributed by atoms with Gasteiger partial charge in [0.15, 0.2) is 0 Å². The van der Waals surface area contributed by atoms with Crippen molar-refractivity contribution in [1.29, 1.82) is 0 Å². The summed E-state index contributed by atoms with van der Waals surface area (Å²) in [6, 6.07) is 0. The summed E-state index contributed by atoms with van der Waals surface area (Å²) in [6.45, 7) is 2.34. The van der Waals surface area contributed by atoms with Gasteiger partial charge in [0.25, 0.3) is 0 Å². The van der Waals surface area contributed by atoms with Crippen LogP contribution in [0.1, 0.15) is 19.3 Å². The van der Waals surface area contributed by atoms with E-state index in [4.69, 9.17) is 22.7 Å². The summed E-state index contributed by atoms with van der Waals surface area (Å²) in [5, 5.41) is 0. The van der Waals surface area contributed by atoms with E-state index in [1.807, 2.05) is 0 Å². The van der Waals surface area contributed by atoms with Gasteiger partial charge in [0.2, 0.25) is 5.91 Å². The van der Waals surface area contributed by atoms with Crippen LogP contribution in [0.25, 0.3) is 0 Å². The van der Waals surface area contributed by atoms with Crippen LogP contribution in [0.15, 0.2) is 0 Å². The molecule has 0 radical (unpaired) electrons. The number of amides is 1. The molecular weight excluding hydrogens is 212 g/mol. The fourth-order valence-electron chi connectivity index (χ4n) is 1.72. The number of hydrogen-bond acceptors (Lipinski definition) is 3. The minimum Gasteiger partial charge on any atom is -0.393 e. The van der Waals surface area contributed by atoms with Crippen LogP contribution in [0.3, 0.4) is 0 Å². The third-order valence-electron chi connectivity index (χ3n) is 2.54. The van der Waals surface area contributed by atoms with Crippen LogP contribution in [0.5, 0.6) is 0 Å². The number of hydrogen-bond donors (Lipinski definition) is 1. The molecule has 0 aliphatic carbocycles. The molecule has 1 aliphatic rings.